The Morgan fingerprint density at radius 3 is 2.58 bits per heavy atom. The van der Waals surface area contributed by atoms with Gasteiger partial charge in [-0.3, -0.25) is 9.69 Å². The smallest absolute Gasteiger partial charge is 0.221 e. The molecule has 0 saturated heterocycles. The Morgan fingerprint density at radius 1 is 1.29 bits per heavy atom. The summed E-state index contributed by atoms with van der Waals surface area (Å²) in [6, 6.07) is 11.3. The maximum atomic E-state index is 11.0. The molecule has 0 radical (unpaired) electrons. The summed E-state index contributed by atoms with van der Waals surface area (Å²) in [6.07, 6.45) is -0.564. The topological polar surface area (TPSA) is 61.8 Å². The molecule has 5 nitrogen and oxygen atoms in total. The van der Waals surface area contributed by atoms with Crippen molar-refractivity contribution < 1.29 is 14.6 Å². The lowest BCUT2D eigenvalue weighted by molar-refractivity contribution is -0.114. The van der Waals surface area contributed by atoms with E-state index in [2.05, 4.69) is 29.3 Å². The number of benzene rings is 1. The van der Waals surface area contributed by atoms with Crippen molar-refractivity contribution in [2.75, 3.05) is 25.5 Å². The molecular formula is C18H24N2O3S. The van der Waals surface area contributed by atoms with Crippen molar-refractivity contribution in [1.82, 2.24) is 4.90 Å². The Kier molecular flexibility index (Phi) is 6.78. The molecule has 6 heteroatoms. The number of ether oxygens (including phenoxy) is 1. The molecule has 2 rings (SSSR count). The fourth-order valence-electron chi connectivity index (χ4n) is 2.34. The highest BCUT2D eigenvalue weighted by molar-refractivity contribution is 7.11. The second-order valence-corrected chi connectivity index (χ2v) is 7.25. The molecule has 0 aliphatic rings. The zero-order valence-electron chi connectivity index (χ0n) is 14.3. The van der Waals surface area contributed by atoms with E-state index in [4.69, 9.17) is 4.74 Å². The van der Waals surface area contributed by atoms with E-state index >= 15 is 0 Å². The summed E-state index contributed by atoms with van der Waals surface area (Å²) in [5, 5.41) is 12.8. The molecule has 0 aliphatic carbocycles. The van der Waals surface area contributed by atoms with Crippen molar-refractivity contribution in [3.8, 4) is 5.75 Å². The van der Waals surface area contributed by atoms with Gasteiger partial charge in [0, 0.05) is 35.5 Å². The van der Waals surface area contributed by atoms with Crippen LogP contribution in [0.3, 0.4) is 0 Å². The number of nitrogens with zero attached hydrogens (tertiary/aromatic N) is 1. The van der Waals surface area contributed by atoms with Gasteiger partial charge in [0.25, 0.3) is 0 Å². The molecule has 2 N–H and O–H groups in total. The number of amides is 1. The molecule has 0 aliphatic heterocycles. The van der Waals surface area contributed by atoms with E-state index in [1.165, 1.54) is 16.7 Å². The molecule has 0 saturated carbocycles. The van der Waals surface area contributed by atoms with E-state index in [9.17, 15) is 9.90 Å². The first-order valence-corrected chi connectivity index (χ1v) is 8.66. The van der Waals surface area contributed by atoms with E-state index < -0.39 is 6.10 Å². The first-order valence-electron chi connectivity index (χ1n) is 7.85. The molecule has 0 fully saturated rings. The van der Waals surface area contributed by atoms with Crippen LogP contribution in [0.15, 0.2) is 36.4 Å². The van der Waals surface area contributed by atoms with Crippen molar-refractivity contribution in [3.05, 3.63) is 46.2 Å². The number of hydrogen-bond donors (Lipinski definition) is 2. The van der Waals surface area contributed by atoms with Crippen LogP contribution in [0.25, 0.3) is 0 Å². The van der Waals surface area contributed by atoms with Crippen LogP contribution < -0.4 is 10.1 Å². The van der Waals surface area contributed by atoms with Crippen LogP contribution in [0.2, 0.25) is 0 Å². The Balaban J connectivity index is 1.73. The van der Waals surface area contributed by atoms with Crippen LogP contribution in [0.5, 0.6) is 5.75 Å². The first-order chi connectivity index (χ1) is 11.4. The Hall–Kier alpha value is -1.89. The highest BCUT2D eigenvalue weighted by Crippen LogP contribution is 2.17. The van der Waals surface area contributed by atoms with Gasteiger partial charge in [-0.05, 0) is 50.4 Å². The van der Waals surface area contributed by atoms with E-state index in [-0.39, 0.29) is 12.5 Å². The number of nitrogens with one attached hydrogen (secondary N) is 1. The maximum absolute atomic E-state index is 11.0. The van der Waals surface area contributed by atoms with E-state index in [0.717, 1.165) is 12.2 Å². The largest absolute Gasteiger partial charge is 0.491 e. The van der Waals surface area contributed by atoms with Crippen molar-refractivity contribution in [3.63, 3.8) is 0 Å². The summed E-state index contributed by atoms with van der Waals surface area (Å²) >= 11 is 1.77. The van der Waals surface area contributed by atoms with E-state index in [0.29, 0.717) is 12.3 Å². The average molecular weight is 348 g/mol. The summed E-state index contributed by atoms with van der Waals surface area (Å²) in [7, 11) is 1.99. The summed E-state index contributed by atoms with van der Waals surface area (Å²) < 4.78 is 5.60. The van der Waals surface area contributed by atoms with Gasteiger partial charge >= 0.3 is 0 Å². The number of aliphatic hydroxyl groups is 1. The van der Waals surface area contributed by atoms with Crippen LogP contribution in [-0.4, -0.2) is 42.2 Å². The Morgan fingerprint density at radius 2 is 2.00 bits per heavy atom. The lowest BCUT2D eigenvalue weighted by atomic mass is 10.3. The minimum absolute atomic E-state index is 0.108. The quantitative estimate of drug-likeness (QED) is 0.770. The molecule has 1 atom stereocenters. The summed E-state index contributed by atoms with van der Waals surface area (Å²) in [6.45, 7) is 5.15. The summed E-state index contributed by atoms with van der Waals surface area (Å²) in [4.78, 5) is 15.6. The zero-order valence-corrected chi connectivity index (χ0v) is 15.1. The lowest BCUT2D eigenvalue weighted by Gasteiger charge is -2.20. The number of anilines is 1. The molecule has 130 valence electrons. The van der Waals surface area contributed by atoms with Gasteiger partial charge in [-0.1, -0.05) is 0 Å². The van der Waals surface area contributed by atoms with Gasteiger partial charge in [0.15, 0.2) is 0 Å². The number of likely N-dealkylation sites (N-methyl/N-ethyl adjacent to an activating group) is 1. The second-order valence-electron chi connectivity index (χ2n) is 5.88. The number of carbonyl (C=O) groups is 1. The van der Waals surface area contributed by atoms with Gasteiger partial charge in [0.1, 0.15) is 18.5 Å². The van der Waals surface area contributed by atoms with Crippen molar-refractivity contribution in [2.24, 2.45) is 0 Å². The molecule has 0 spiro atoms. The molecule has 24 heavy (non-hydrogen) atoms. The van der Waals surface area contributed by atoms with Crippen molar-refractivity contribution >= 4 is 22.9 Å². The van der Waals surface area contributed by atoms with Crippen molar-refractivity contribution in [1.29, 1.82) is 0 Å². The van der Waals surface area contributed by atoms with Crippen LogP contribution in [-0.2, 0) is 11.3 Å². The van der Waals surface area contributed by atoms with Gasteiger partial charge in [0.2, 0.25) is 5.91 Å². The second kappa shape index (κ2) is 8.82. The monoisotopic (exact) mass is 348 g/mol. The third-order valence-electron chi connectivity index (χ3n) is 3.36. The normalized spacial score (nSPS) is 12.2. The fourth-order valence-corrected chi connectivity index (χ4v) is 3.31. The number of aliphatic hydroxyl groups excluding tert-OH is 1. The third-order valence-corrected chi connectivity index (χ3v) is 4.35. The molecule has 1 unspecified atom stereocenters. The Bertz CT molecular complexity index is 655. The fraction of sp³-hybridized carbons (Fsp3) is 0.389. The number of hydrogen-bond acceptors (Lipinski definition) is 5. The van der Waals surface area contributed by atoms with Gasteiger partial charge in [0.05, 0.1) is 0 Å². The van der Waals surface area contributed by atoms with Gasteiger partial charge < -0.3 is 15.2 Å². The maximum Gasteiger partial charge on any atom is 0.221 e. The molecule has 1 amide bonds. The summed E-state index contributed by atoms with van der Waals surface area (Å²) in [5.41, 5.74) is 0.723. The first kappa shape index (κ1) is 18.4. The highest BCUT2D eigenvalue weighted by atomic mass is 32.1. The Labute approximate surface area is 146 Å². The molecular weight excluding hydrogens is 324 g/mol. The number of aryl methyl sites for hydroxylation is 1. The molecule has 1 aromatic heterocycles. The van der Waals surface area contributed by atoms with Gasteiger partial charge in [-0.15, -0.1) is 11.3 Å². The van der Waals surface area contributed by atoms with E-state index in [1.54, 1.807) is 35.6 Å². The van der Waals surface area contributed by atoms with Gasteiger partial charge in [-0.2, -0.15) is 0 Å². The van der Waals surface area contributed by atoms with Crippen LogP contribution in [0, 0.1) is 6.92 Å². The number of rotatable bonds is 8. The molecule has 2 aromatic rings. The van der Waals surface area contributed by atoms with Crippen molar-refractivity contribution in [2.45, 2.75) is 26.5 Å². The number of thiophene rings is 1. The van der Waals surface area contributed by atoms with E-state index in [1.807, 2.05) is 7.05 Å². The minimum Gasteiger partial charge on any atom is -0.491 e. The zero-order chi connectivity index (χ0) is 17.5. The predicted molar refractivity (Wildman–Crippen MR) is 97.6 cm³/mol. The highest BCUT2D eigenvalue weighted by Gasteiger charge is 2.10. The van der Waals surface area contributed by atoms with Crippen LogP contribution in [0.4, 0.5) is 5.69 Å². The molecule has 1 aromatic carbocycles. The average Bonchev–Trinajstić information content (AvgIpc) is 2.91. The third kappa shape index (κ3) is 6.31. The molecule has 0 bridgehead atoms. The summed E-state index contributed by atoms with van der Waals surface area (Å²) in [5.74, 6) is 0.558. The number of carbonyl (C=O) groups excluding carboxylic acids is 1. The lowest BCUT2D eigenvalue weighted by Crippen LogP contribution is -2.32. The minimum atomic E-state index is -0.564. The van der Waals surface area contributed by atoms with Crippen LogP contribution in [0.1, 0.15) is 16.7 Å². The van der Waals surface area contributed by atoms with Gasteiger partial charge in [-0.25, -0.2) is 0 Å². The standard InChI is InChI=1S/C18H24N2O3S/c1-13-4-9-18(24-13)11-20(3)10-16(22)12-23-17-7-5-15(6-8-17)19-14(2)21/h4-9,16,22H,10-12H2,1-3H3,(H,19,21). The molecule has 1 heterocycles. The predicted octanol–water partition coefficient (Wildman–Crippen LogP) is 2.89. The van der Waals surface area contributed by atoms with Crippen LogP contribution >= 0.6 is 11.3 Å². The SMILES string of the molecule is CC(=O)Nc1ccc(OCC(O)CN(C)Cc2ccc(C)s2)cc1.